The lowest BCUT2D eigenvalue weighted by Gasteiger charge is -1.83. The van der Waals surface area contributed by atoms with Gasteiger partial charge in [-0.25, -0.2) is 4.98 Å². The molecule has 0 fully saturated rings. The van der Waals surface area contributed by atoms with Crippen LogP contribution in [0.3, 0.4) is 0 Å². The number of hydrogen-bond acceptors (Lipinski definition) is 2. The summed E-state index contributed by atoms with van der Waals surface area (Å²) in [6.45, 7) is 0. The van der Waals surface area contributed by atoms with E-state index in [-0.39, 0.29) is 17.0 Å². The number of halogens is 1. The fourth-order valence-corrected chi connectivity index (χ4v) is 1.44. The smallest absolute Gasteiger partial charge is 0.421 e. The van der Waals surface area contributed by atoms with Crippen LogP contribution < -0.4 is 22.0 Å². The molecule has 1 aromatic carbocycles. The molecule has 0 saturated carbocycles. The number of benzene rings is 1. The minimum absolute atomic E-state index is 0. The average Bonchev–Trinajstić information content (AvgIpc) is 2.56. The fourth-order valence-electron chi connectivity index (χ4n) is 1.44. The molecule has 0 aliphatic carbocycles. The summed E-state index contributed by atoms with van der Waals surface area (Å²) in [6, 6.07) is 7.91. The van der Waals surface area contributed by atoms with Gasteiger partial charge in [-0.3, -0.25) is 0 Å². The van der Waals surface area contributed by atoms with E-state index in [2.05, 4.69) is 15.1 Å². The number of para-hydroxylation sites is 2. The third-order valence-corrected chi connectivity index (χ3v) is 2.01. The van der Waals surface area contributed by atoms with Crippen LogP contribution in [0.2, 0.25) is 0 Å². The molecule has 0 saturated heterocycles. The highest BCUT2D eigenvalue weighted by Crippen LogP contribution is 2.10. The first-order chi connectivity index (χ1) is 6.45. The molecular formula is C9H7BrN4. The van der Waals surface area contributed by atoms with Crippen LogP contribution in [0, 0.1) is 0 Å². The molecule has 2 heterocycles. The van der Waals surface area contributed by atoms with E-state index < -0.39 is 0 Å². The van der Waals surface area contributed by atoms with Gasteiger partial charge in [0.2, 0.25) is 0 Å². The summed E-state index contributed by atoms with van der Waals surface area (Å²) in [5.41, 5.74) is 1.98. The lowest BCUT2D eigenvalue weighted by molar-refractivity contribution is -0.354. The van der Waals surface area contributed by atoms with E-state index in [9.17, 15) is 0 Å². The lowest BCUT2D eigenvalue weighted by atomic mass is 10.3. The topological polar surface area (TPSA) is 44.3 Å². The molecule has 14 heavy (non-hydrogen) atoms. The van der Waals surface area contributed by atoms with Gasteiger partial charge >= 0.3 is 5.78 Å². The predicted octanol–water partition coefficient (Wildman–Crippen LogP) is -2.30. The highest BCUT2D eigenvalue weighted by molar-refractivity contribution is 5.77. The molecule has 0 unspecified atom stereocenters. The summed E-state index contributed by atoms with van der Waals surface area (Å²) in [4.78, 5) is 7.39. The van der Waals surface area contributed by atoms with Gasteiger partial charge in [-0.2, -0.15) is 0 Å². The number of nitrogens with zero attached hydrogens (tertiary/aromatic N) is 3. The third-order valence-electron chi connectivity index (χ3n) is 2.01. The van der Waals surface area contributed by atoms with Gasteiger partial charge in [0.05, 0.1) is 12.4 Å². The van der Waals surface area contributed by atoms with E-state index in [1.54, 1.807) is 16.9 Å². The normalized spacial score (nSPS) is 10.3. The van der Waals surface area contributed by atoms with Crippen LogP contribution in [0.25, 0.3) is 16.8 Å². The van der Waals surface area contributed by atoms with Crippen LogP contribution in [-0.2, 0) is 0 Å². The number of fused-ring (bicyclic) bond motifs is 3. The van der Waals surface area contributed by atoms with Crippen molar-refractivity contribution in [2.75, 3.05) is 0 Å². The summed E-state index contributed by atoms with van der Waals surface area (Å²) in [5.74, 6) is 0.767. The Balaban J connectivity index is 0.000000750. The summed E-state index contributed by atoms with van der Waals surface area (Å²) in [6.07, 6.45) is 3.47. The molecule has 5 heteroatoms. The summed E-state index contributed by atoms with van der Waals surface area (Å²) in [7, 11) is 0. The second kappa shape index (κ2) is 3.34. The summed E-state index contributed by atoms with van der Waals surface area (Å²) in [5, 5.41) is 4.19. The van der Waals surface area contributed by atoms with Gasteiger partial charge in [0.25, 0.3) is 0 Å². The van der Waals surface area contributed by atoms with Crippen molar-refractivity contribution < 1.29 is 22.0 Å². The molecule has 0 aliphatic heterocycles. The first-order valence-electron chi connectivity index (χ1n) is 4.05. The lowest BCUT2D eigenvalue weighted by Crippen LogP contribution is -3.00. The Morgan fingerprint density at radius 1 is 1.21 bits per heavy atom. The maximum atomic E-state index is 4.36. The molecular weight excluding hydrogens is 244 g/mol. The van der Waals surface area contributed by atoms with Crippen molar-refractivity contribution in [2.24, 2.45) is 0 Å². The molecule has 1 N–H and O–H groups in total. The number of H-pyrrole nitrogens is 1. The fraction of sp³-hybridized carbons (Fsp3) is 0. The zero-order chi connectivity index (χ0) is 8.67. The van der Waals surface area contributed by atoms with Gasteiger partial charge in [0.15, 0.2) is 11.0 Å². The van der Waals surface area contributed by atoms with Crippen LogP contribution in [-0.4, -0.2) is 14.6 Å². The number of aromatic nitrogens is 4. The maximum absolute atomic E-state index is 4.36. The predicted molar refractivity (Wildman–Crippen MR) is 47.0 cm³/mol. The van der Waals surface area contributed by atoms with Gasteiger partial charge in [-0.15, -0.1) is 9.61 Å². The second-order valence-corrected chi connectivity index (χ2v) is 2.81. The van der Waals surface area contributed by atoms with Gasteiger partial charge < -0.3 is 17.0 Å². The number of hydrogen-bond donors (Lipinski definition) is 0. The molecule has 2 aromatic heterocycles. The van der Waals surface area contributed by atoms with Crippen molar-refractivity contribution in [1.82, 2.24) is 14.6 Å². The van der Waals surface area contributed by atoms with E-state index >= 15 is 0 Å². The number of imidazole rings is 1. The number of aromatic amines is 1. The zero-order valence-electron chi connectivity index (χ0n) is 7.18. The molecule has 0 spiro atoms. The van der Waals surface area contributed by atoms with Crippen LogP contribution in [0.4, 0.5) is 0 Å². The SMILES string of the molecule is [Br-].c1ccc2c(c1)nc1[nH+]ccnn12. The Bertz CT molecular complexity index is 525. The third kappa shape index (κ3) is 1.17. The van der Waals surface area contributed by atoms with Crippen molar-refractivity contribution in [3.63, 3.8) is 0 Å². The zero-order valence-corrected chi connectivity index (χ0v) is 8.77. The highest BCUT2D eigenvalue weighted by Gasteiger charge is 2.11. The van der Waals surface area contributed by atoms with Gasteiger partial charge in [0, 0.05) is 0 Å². The Morgan fingerprint density at radius 2 is 2.07 bits per heavy atom. The first-order valence-corrected chi connectivity index (χ1v) is 4.05. The van der Waals surface area contributed by atoms with Crippen molar-refractivity contribution in [3.8, 4) is 0 Å². The Morgan fingerprint density at radius 3 is 3.00 bits per heavy atom. The first kappa shape index (κ1) is 9.08. The van der Waals surface area contributed by atoms with Crippen molar-refractivity contribution in [3.05, 3.63) is 36.7 Å². The largest absolute Gasteiger partial charge is 1.00 e. The van der Waals surface area contributed by atoms with Crippen LogP contribution in [0.1, 0.15) is 0 Å². The van der Waals surface area contributed by atoms with Crippen LogP contribution in [0.15, 0.2) is 36.7 Å². The van der Waals surface area contributed by atoms with E-state index in [4.69, 9.17) is 0 Å². The Hall–Kier alpha value is -1.49. The monoisotopic (exact) mass is 250 g/mol. The second-order valence-electron chi connectivity index (χ2n) is 2.81. The standard InChI is InChI=1S/C9H6N4.BrH/c1-2-4-8-7(3-1)12-9-10-5-6-11-13(8)9;/h1-6H;1H. The van der Waals surface area contributed by atoms with Crippen molar-refractivity contribution in [1.29, 1.82) is 0 Å². The summed E-state index contributed by atoms with van der Waals surface area (Å²) >= 11 is 0. The number of nitrogens with one attached hydrogen (secondary N) is 1. The van der Waals surface area contributed by atoms with E-state index in [0.29, 0.717) is 0 Å². The molecule has 0 radical (unpaired) electrons. The minimum atomic E-state index is 0. The van der Waals surface area contributed by atoms with Gasteiger partial charge in [0.1, 0.15) is 0 Å². The molecule has 3 rings (SSSR count). The molecule has 4 nitrogen and oxygen atoms in total. The van der Waals surface area contributed by atoms with E-state index in [1.807, 2.05) is 24.3 Å². The van der Waals surface area contributed by atoms with Crippen molar-refractivity contribution >= 4 is 16.8 Å². The quantitative estimate of drug-likeness (QED) is 0.451. The Kier molecular flexibility index (Phi) is 2.17. The molecule has 3 aromatic rings. The molecule has 0 bridgehead atoms. The van der Waals surface area contributed by atoms with Crippen molar-refractivity contribution in [2.45, 2.75) is 0 Å². The van der Waals surface area contributed by atoms with Gasteiger partial charge in [-0.1, -0.05) is 17.1 Å². The van der Waals surface area contributed by atoms with Gasteiger partial charge in [-0.05, 0) is 12.1 Å². The van der Waals surface area contributed by atoms with Crippen LogP contribution in [0.5, 0.6) is 0 Å². The van der Waals surface area contributed by atoms with E-state index in [0.717, 1.165) is 16.8 Å². The molecule has 0 atom stereocenters. The molecule has 0 amide bonds. The van der Waals surface area contributed by atoms with Crippen LogP contribution >= 0.6 is 0 Å². The Labute approximate surface area is 90.4 Å². The highest BCUT2D eigenvalue weighted by atomic mass is 79.9. The number of rotatable bonds is 0. The maximum Gasteiger partial charge on any atom is 0.421 e. The van der Waals surface area contributed by atoms with E-state index in [1.165, 1.54) is 0 Å². The minimum Gasteiger partial charge on any atom is -1.00 e. The average molecular weight is 251 g/mol. The summed E-state index contributed by atoms with van der Waals surface area (Å²) < 4.78 is 1.79. The molecule has 0 aliphatic rings. The molecule has 70 valence electrons.